The fourth-order valence-electron chi connectivity index (χ4n) is 4.09. The summed E-state index contributed by atoms with van der Waals surface area (Å²) in [6.45, 7) is 5.99. The number of aromatic nitrogens is 2. The van der Waals surface area contributed by atoms with E-state index in [0.29, 0.717) is 44.6 Å². The first-order chi connectivity index (χ1) is 18.1. The molecular formula is C29H26N4O5. The average Bonchev–Trinajstić information content (AvgIpc) is 3.33. The summed E-state index contributed by atoms with van der Waals surface area (Å²) in [5.74, 6) is 0.251. The molecule has 0 aliphatic rings. The number of carbonyl (C=O) groups is 2. The molecule has 0 spiro atoms. The second-order valence-electron chi connectivity index (χ2n) is 10.1. The number of rotatable bonds is 5. The maximum Gasteiger partial charge on any atom is 0.256 e. The molecule has 0 atom stereocenters. The number of hydrogen-bond acceptors (Lipinski definition) is 7. The van der Waals surface area contributed by atoms with Gasteiger partial charge in [-0.3, -0.25) is 9.59 Å². The number of nitrogens with zero attached hydrogens (tertiary/aromatic N) is 2. The van der Waals surface area contributed by atoms with Crippen LogP contribution in [0, 0.1) is 0 Å². The van der Waals surface area contributed by atoms with Gasteiger partial charge in [0.25, 0.3) is 5.91 Å². The van der Waals surface area contributed by atoms with E-state index in [0.717, 1.165) is 5.56 Å². The summed E-state index contributed by atoms with van der Waals surface area (Å²) in [5, 5.41) is 30.5. The number of fused-ring (bicyclic) bond motifs is 2. The second kappa shape index (κ2) is 9.51. The van der Waals surface area contributed by atoms with E-state index in [1.165, 1.54) is 12.1 Å². The van der Waals surface area contributed by atoms with Crippen molar-refractivity contribution >= 4 is 45.1 Å². The summed E-state index contributed by atoms with van der Waals surface area (Å²) in [6.07, 6.45) is 0.132. The Morgan fingerprint density at radius 2 is 1.66 bits per heavy atom. The highest BCUT2D eigenvalue weighted by Gasteiger charge is 2.20. The zero-order valence-electron chi connectivity index (χ0n) is 21.1. The molecule has 0 bridgehead atoms. The summed E-state index contributed by atoms with van der Waals surface area (Å²) in [7, 11) is 0. The van der Waals surface area contributed by atoms with Crippen LogP contribution in [0.25, 0.3) is 21.8 Å². The number of anilines is 2. The number of carbonyl (C=O) groups excluding carboxylic acids is 2. The first-order valence-corrected chi connectivity index (χ1v) is 12.0. The molecule has 9 heteroatoms. The summed E-state index contributed by atoms with van der Waals surface area (Å²) in [4.78, 5) is 30.1. The highest BCUT2D eigenvalue weighted by atomic mass is 16.5. The number of aromatic hydroxyl groups is 2. The van der Waals surface area contributed by atoms with E-state index in [1.807, 2.05) is 20.8 Å². The third-order valence-corrected chi connectivity index (χ3v) is 6.07. The SMILES string of the molecule is CC(C)(C)c1cc(NC(=O)Cc2ccc(NC(=O)c3cccc4nc5cc(O)cc(O)c5cc34)cc2)no1. The third-order valence-electron chi connectivity index (χ3n) is 6.07. The molecule has 192 valence electrons. The first-order valence-electron chi connectivity index (χ1n) is 12.0. The highest BCUT2D eigenvalue weighted by molar-refractivity contribution is 6.14. The van der Waals surface area contributed by atoms with Gasteiger partial charge in [0.1, 0.15) is 17.3 Å². The standard InChI is InChI=1S/C29H26N4O5/c1-29(2,3)25-15-26(33-38-25)32-27(36)11-16-7-9-17(10-8-16)30-28(37)19-5-4-6-22-20(19)14-21-23(31-22)12-18(34)13-24(21)35/h4-10,12-15,34-35H,11H2,1-3H3,(H,30,37)(H,32,33,36). The van der Waals surface area contributed by atoms with E-state index < -0.39 is 0 Å². The molecule has 0 saturated heterocycles. The molecule has 0 saturated carbocycles. The Bertz CT molecular complexity index is 1680. The lowest BCUT2D eigenvalue weighted by Crippen LogP contribution is -2.15. The number of pyridine rings is 1. The number of hydrogen-bond donors (Lipinski definition) is 4. The van der Waals surface area contributed by atoms with Crippen LogP contribution < -0.4 is 10.6 Å². The van der Waals surface area contributed by atoms with Crippen LogP contribution in [0.3, 0.4) is 0 Å². The molecule has 0 unspecified atom stereocenters. The maximum absolute atomic E-state index is 13.1. The Morgan fingerprint density at radius 1 is 0.895 bits per heavy atom. The van der Waals surface area contributed by atoms with E-state index >= 15 is 0 Å². The topological polar surface area (TPSA) is 138 Å². The number of phenols is 2. The van der Waals surface area contributed by atoms with Crippen molar-refractivity contribution in [2.24, 2.45) is 0 Å². The first kappa shape index (κ1) is 24.8. The van der Waals surface area contributed by atoms with Crippen molar-refractivity contribution < 1.29 is 24.3 Å². The number of benzene rings is 3. The minimum Gasteiger partial charge on any atom is -0.508 e. The van der Waals surface area contributed by atoms with Crippen LogP contribution in [0.2, 0.25) is 0 Å². The van der Waals surface area contributed by atoms with Gasteiger partial charge in [0.2, 0.25) is 5.91 Å². The van der Waals surface area contributed by atoms with Gasteiger partial charge in [-0.25, -0.2) is 4.98 Å². The zero-order chi connectivity index (χ0) is 27.0. The number of amides is 2. The average molecular weight is 511 g/mol. The van der Waals surface area contributed by atoms with Gasteiger partial charge in [-0.1, -0.05) is 44.1 Å². The van der Waals surface area contributed by atoms with Crippen LogP contribution >= 0.6 is 0 Å². The Balaban J connectivity index is 1.29. The third kappa shape index (κ3) is 5.12. The van der Waals surface area contributed by atoms with Crippen LogP contribution in [0.15, 0.2) is 71.3 Å². The van der Waals surface area contributed by atoms with Gasteiger partial charge in [0, 0.05) is 45.6 Å². The molecule has 0 aliphatic heterocycles. The van der Waals surface area contributed by atoms with E-state index in [4.69, 9.17) is 4.52 Å². The van der Waals surface area contributed by atoms with Gasteiger partial charge in [0.05, 0.1) is 17.5 Å². The van der Waals surface area contributed by atoms with Crippen molar-refractivity contribution in [3.05, 3.63) is 83.6 Å². The van der Waals surface area contributed by atoms with Gasteiger partial charge in [-0.2, -0.15) is 0 Å². The minimum atomic E-state index is -0.346. The Labute approximate surface area is 218 Å². The Kier molecular flexibility index (Phi) is 6.20. The van der Waals surface area contributed by atoms with E-state index in [-0.39, 0.29) is 35.1 Å². The van der Waals surface area contributed by atoms with Crippen LogP contribution in [0.5, 0.6) is 11.5 Å². The largest absolute Gasteiger partial charge is 0.508 e. The van der Waals surface area contributed by atoms with Crippen LogP contribution in [-0.2, 0) is 16.6 Å². The molecule has 2 aromatic heterocycles. The predicted molar refractivity (Wildman–Crippen MR) is 145 cm³/mol. The Hall–Kier alpha value is -4.92. The maximum atomic E-state index is 13.1. The fraction of sp³-hybridized carbons (Fsp3) is 0.172. The molecule has 0 radical (unpaired) electrons. The normalized spacial score (nSPS) is 11.6. The van der Waals surface area contributed by atoms with Crippen LogP contribution in [0.1, 0.15) is 42.5 Å². The van der Waals surface area contributed by atoms with Crippen LogP contribution in [-0.4, -0.2) is 32.2 Å². The lowest BCUT2D eigenvalue weighted by molar-refractivity contribution is -0.115. The Morgan fingerprint density at radius 3 is 2.37 bits per heavy atom. The van der Waals surface area contributed by atoms with Crippen LogP contribution in [0.4, 0.5) is 11.5 Å². The lowest BCUT2D eigenvalue weighted by Gasteiger charge is -2.12. The fourth-order valence-corrected chi connectivity index (χ4v) is 4.09. The van der Waals surface area contributed by atoms with E-state index in [9.17, 15) is 19.8 Å². The quantitative estimate of drug-likeness (QED) is 0.229. The highest BCUT2D eigenvalue weighted by Crippen LogP contribution is 2.32. The molecule has 5 aromatic rings. The van der Waals surface area contributed by atoms with Crippen molar-refractivity contribution in [1.82, 2.24) is 10.1 Å². The molecular weight excluding hydrogens is 484 g/mol. The lowest BCUT2D eigenvalue weighted by atomic mass is 9.93. The summed E-state index contributed by atoms with van der Waals surface area (Å²) in [6, 6.07) is 18.2. The van der Waals surface area contributed by atoms with Gasteiger partial charge < -0.3 is 25.4 Å². The van der Waals surface area contributed by atoms with Gasteiger partial charge in [-0.15, -0.1) is 0 Å². The second-order valence-corrected chi connectivity index (χ2v) is 10.1. The molecule has 9 nitrogen and oxygen atoms in total. The van der Waals surface area contributed by atoms with Crippen molar-refractivity contribution in [3.8, 4) is 11.5 Å². The predicted octanol–water partition coefficient (Wildman–Crippen LogP) is 5.52. The molecule has 5 rings (SSSR count). The van der Waals surface area contributed by atoms with Gasteiger partial charge in [0.15, 0.2) is 5.82 Å². The molecule has 38 heavy (non-hydrogen) atoms. The smallest absolute Gasteiger partial charge is 0.256 e. The number of phenolic OH excluding ortho intramolecular Hbond substituents is 2. The van der Waals surface area contributed by atoms with Gasteiger partial charge >= 0.3 is 0 Å². The molecule has 0 aliphatic carbocycles. The monoisotopic (exact) mass is 510 g/mol. The number of nitrogens with one attached hydrogen (secondary N) is 2. The summed E-state index contributed by atoms with van der Waals surface area (Å²) < 4.78 is 5.30. The summed E-state index contributed by atoms with van der Waals surface area (Å²) in [5.41, 5.74) is 2.47. The molecule has 2 amide bonds. The van der Waals surface area contributed by atoms with Crippen molar-refractivity contribution in [2.45, 2.75) is 32.6 Å². The van der Waals surface area contributed by atoms with E-state index in [1.54, 1.807) is 54.6 Å². The molecule has 2 heterocycles. The van der Waals surface area contributed by atoms with Crippen molar-refractivity contribution in [2.75, 3.05) is 10.6 Å². The zero-order valence-corrected chi connectivity index (χ0v) is 21.1. The minimum absolute atomic E-state index is 0.0931. The van der Waals surface area contributed by atoms with Crippen molar-refractivity contribution in [3.63, 3.8) is 0 Å². The summed E-state index contributed by atoms with van der Waals surface area (Å²) >= 11 is 0. The molecule has 3 aromatic carbocycles. The van der Waals surface area contributed by atoms with Gasteiger partial charge in [-0.05, 0) is 35.9 Å². The molecule has 0 fully saturated rings. The van der Waals surface area contributed by atoms with E-state index in [2.05, 4.69) is 20.8 Å². The van der Waals surface area contributed by atoms with Crippen molar-refractivity contribution in [1.29, 1.82) is 0 Å². The molecule has 4 N–H and O–H groups in total.